The minimum Gasteiger partial charge on any atom is -0.496 e. The number of aliphatic hydroxyl groups excluding tert-OH is 1. The highest BCUT2D eigenvalue weighted by molar-refractivity contribution is 5.36. The maximum Gasteiger partial charge on any atom is 0.121 e. The summed E-state index contributed by atoms with van der Waals surface area (Å²) in [5.74, 6) is 2.07. The van der Waals surface area contributed by atoms with Gasteiger partial charge in [-0.2, -0.15) is 0 Å². The molecule has 0 saturated heterocycles. The first-order chi connectivity index (χ1) is 9.97. The molecule has 2 nitrogen and oxygen atoms in total. The van der Waals surface area contributed by atoms with Crippen molar-refractivity contribution in [1.29, 1.82) is 0 Å². The van der Waals surface area contributed by atoms with Crippen molar-refractivity contribution in [3.63, 3.8) is 0 Å². The molecule has 2 rings (SSSR count). The molecule has 1 saturated carbocycles. The molecule has 0 amide bonds. The van der Waals surface area contributed by atoms with Gasteiger partial charge in [0.05, 0.1) is 7.11 Å². The molecule has 0 heterocycles. The van der Waals surface area contributed by atoms with Gasteiger partial charge in [-0.25, -0.2) is 0 Å². The van der Waals surface area contributed by atoms with Gasteiger partial charge in [-0.1, -0.05) is 32.4 Å². The summed E-state index contributed by atoms with van der Waals surface area (Å²) >= 11 is 0. The minimum absolute atomic E-state index is 0.343. The van der Waals surface area contributed by atoms with Crippen molar-refractivity contribution in [2.24, 2.45) is 17.3 Å². The molecule has 1 aliphatic carbocycles. The largest absolute Gasteiger partial charge is 0.496 e. The lowest BCUT2D eigenvalue weighted by atomic mass is 9.62. The van der Waals surface area contributed by atoms with E-state index in [-0.39, 0.29) is 0 Å². The van der Waals surface area contributed by atoms with Crippen LogP contribution in [-0.2, 0) is 6.42 Å². The number of ether oxygens (including phenoxy) is 1. The van der Waals surface area contributed by atoms with E-state index >= 15 is 0 Å². The van der Waals surface area contributed by atoms with Crippen LogP contribution in [0.1, 0.15) is 50.7 Å². The van der Waals surface area contributed by atoms with Crippen LogP contribution < -0.4 is 4.74 Å². The summed E-state index contributed by atoms with van der Waals surface area (Å²) in [5, 5.41) is 9.69. The highest BCUT2D eigenvalue weighted by Gasteiger charge is 2.37. The zero-order valence-electron chi connectivity index (χ0n) is 14.0. The molecule has 1 fully saturated rings. The van der Waals surface area contributed by atoms with Crippen LogP contribution in [0.15, 0.2) is 18.2 Å². The normalized spacial score (nSPS) is 24.8. The molecule has 0 bridgehead atoms. The number of hydrogen-bond donors (Lipinski definition) is 1. The molecule has 2 heteroatoms. The predicted molar refractivity (Wildman–Crippen MR) is 87.7 cm³/mol. The van der Waals surface area contributed by atoms with E-state index in [9.17, 15) is 5.11 Å². The van der Waals surface area contributed by atoms with Gasteiger partial charge in [-0.3, -0.25) is 0 Å². The molecule has 0 radical (unpaired) electrons. The van der Waals surface area contributed by atoms with Gasteiger partial charge < -0.3 is 9.84 Å². The monoisotopic (exact) mass is 290 g/mol. The third-order valence-electron chi connectivity index (χ3n) is 5.41. The quantitative estimate of drug-likeness (QED) is 0.872. The van der Waals surface area contributed by atoms with Gasteiger partial charge >= 0.3 is 0 Å². The van der Waals surface area contributed by atoms with Crippen molar-refractivity contribution >= 4 is 0 Å². The number of aryl methyl sites for hydroxylation is 2. The Morgan fingerprint density at radius 1 is 1.33 bits per heavy atom. The molecule has 2 unspecified atom stereocenters. The van der Waals surface area contributed by atoms with E-state index < -0.39 is 0 Å². The van der Waals surface area contributed by atoms with Crippen molar-refractivity contribution in [3.8, 4) is 5.75 Å². The first-order valence-electron chi connectivity index (χ1n) is 8.22. The first-order valence-corrected chi connectivity index (χ1v) is 8.22. The number of benzene rings is 1. The molecule has 0 spiro atoms. The zero-order chi connectivity index (χ0) is 15.5. The lowest BCUT2D eigenvalue weighted by molar-refractivity contribution is 0.0321. The average molecular weight is 290 g/mol. The summed E-state index contributed by atoms with van der Waals surface area (Å²) in [6.07, 6.45) is 6.00. The molecule has 118 valence electrons. The van der Waals surface area contributed by atoms with Crippen LogP contribution in [0.2, 0.25) is 0 Å². The van der Waals surface area contributed by atoms with E-state index in [4.69, 9.17) is 4.74 Å². The molecule has 2 atom stereocenters. The number of aliphatic hydroxyl groups is 1. The molecule has 1 N–H and O–H groups in total. The molecular weight excluding hydrogens is 260 g/mol. The van der Waals surface area contributed by atoms with Gasteiger partial charge in [-0.05, 0) is 67.1 Å². The molecule has 0 aromatic heterocycles. The fourth-order valence-electron chi connectivity index (χ4n) is 4.11. The third kappa shape index (κ3) is 3.79. The lowest BCUT2D eigenvalue weighted by Gasteiger charge is -2.44. The van der Waals surface area contributed by atoms with E-state index in [0.717, 1.165) is 12.2 Å². The molecule has 1 aliphatic rings. The van der Waals surface area contributed by atoms with Crippen LogP contribution in [0.5, 0.6) is 5.75 Å². The topological polar surface area (TPSA) is 29.5 Å². The molecular formula is C19H30O2. The van der Waals surface area contributed by atoms with E-state index in [1.165, 1.54) is 36.8 Å². The Bertz CT molecular complexity index is 465. The van der Waals surface area contributed by atoms with Gasteiger partial charge in [0.2, 0.25) is 0 Å². The van der Waals surface area contributed by atoms with Crippen LogP contribution in [0, 0.1) is 24.2 Å². The molecule has 0 aliphatic heterocycles. The maximum atomic E-state index is 9.69. The highest BCUT2D eigenvalue weighted by Crippen LogP contribution is 2.46. The Labute approximate surface area is 129 Å². The fourth-order valence-corrected chi connectivity index (χ4v) is 4.11. The smallest absolute Gasteiger partial charge is 0.121 e. The average Bonchev–Trinajstić information content (AvgIpc) is 2.45. The van der Waals surface area contributed by atoms with Crippen molar-refractivity contribution in [2.45, 2.75) is 52.9 Å². The number of hydrogen-bond acceptors (Lipinski definition) is 2. The van der Waals surface area contributed by atoms with E-state index in [1.807, 2.05) is 0 Å². The summed E-state index contributed by atoms with van der Waals surface area (Å²) in [5.41, 5.74) is 2.94. The Balaban J connectivity index is 2.04. The number of methoxy groups -OCH3 is 1. The second kappa shape index (κ2) is 6.83. The lowest BCUT2D eigenvalue weighted by Crippen LogP contribution is -2.36. The first kappa shape index (κ1) is 16.4. The fraction of sp³-hybridized carbons (Fsp3) is 0.684. The second-order valence-corrected chi connectivity index (χ2v) is 7.27. The highest BCUT2D eigenvalue weighted by atomic mass is 16.5. The second-order valence-electron chi connectivity index (χ2n) is 7.27. The van der Waals surface area contributed by atoms with Crippen LogP contribution in [0.4, 0.5) is 0 Å². The van der Waals surface area contributed by atoms with Crippen molar-refractivity contribution in [2.75, 3.05) is 13.7 Å². The van der Waals surface area contributed by atoms with Crippen LogP contribution >= 0.6 is 0 Å². The van der Waals surface area contributed by atoms with Gasteiger partial charge in [0.25, 0.3) is 0 Å². The van der Waals surface area contributed by atoms with Crippen LogP contribution in [0.3, 0.4) is 0 Å². The van der Waals surface area contributed by atoms with Crippen molar-refractivity contribution < 1.29 is 9.84 Å². The van der Waals surface area contributed by atoms with E-state index in [1.54, 1.807) is 7.11 Å². The van der Waals surface area contributed by atoms with E-state index in [2.05, 4.69) is 39.0 Å². The summed E-state index contributed by atoms with van der Waals surface area (Å²) in [7, 11) is 1.72. The molecule has 21 heavy (non-hydrogen) atoms. The maximum absolute atomic E-state index is 9.69. The zero-order valence-corrected chi connectivity index (χ0v) is 14.0. The summed E-state index contributed by atoms with van der Waals surface area (Å²) in [6, 6.07) is 6.48. The van der Waals surface area contributed by atoms with Gasteiger partial charge in [0.15, 0.2) is 0 Å². The predicted octanol–water partition coefficient (Wildman–Crippen LogP) is 4.37. The standard InChI is InChI=1S/C19H30O2/c1-14-12-15(8-10-18(14)21-4)7-9-17-16(13-20)6-5-11-19(17,2)3/h8,10,12,16-17,20H,5-7,9,11,13H2,1-4H3. The molecule has 1 aromatic carbocycles. The Morgan fingerprint density at radius 3 is 2.71 bits per heavy atom. The van der Waals surface area contributed by atoms with E-state index in [0.29, 0.717) is 23.9 Å². The van der Waals surface area contributed by atoms with Crippen LogP contribution in [-0.4, -0.2) is 18.8 Å². The van der Waals surface area contributed by atoms with Crippen LogP contribution in [0.25, 0.3) is 0 Å². The summed E-state index contributed by atoms with van der Waals surface area (Å²) in [4.78, 5) is 0. The summed E-state index contributed by atoms with van der Waals surface area (Å²) < 4.78 is 5.33. The van der Waals surface area contributed by atoms with Crippen molar-refractivity contribution in [3.05, 3.63) is 29.3 Å². The van der Waals surface area contributed by atoms with Gasteiger partial charge in [0, 0.05) is 6.61 Å². The minimum atomic E-state index is 0.343. The third-order valence-corrected chi connectivity index (χ3v) is 5.41. The Morgan fingerprint density at radius 2 is 2.10 bits per heavy atom. The molecule has 1 aromatic rings. The van der Waals surface area contributed by atoms with Gasteiger partial charge in [0.1, 0.15) is 5.75 Å². The number of rotatable bonds is 5. The Hall–Kier alpha value is -1.02. The SMILES string of the molecule is COc1ccc(CCC2C(CO)CCCC2(C)C)cc1C. The van der Waals surface area contributed by atoms with Crippen molar-refractivity contribution in [1.82, 2.24) is 0 Å². The van der Waals surface area contributed by atoms with Gasteiger partial charge in [-0.15, -0.1) is 0 Å². The Kier molecular flexibility index (Phi) is 5.32. The summed E-state index contributed by atoms with van der Waals surface area (Å²) in [6.45, 7) is 7.19.